The minimum Gasteiger partial charge on any atom is -0.508 e. The van der Waals surface area contributed by atoms with Crippen LogP contribution in [0.25, 0.3) is 11.1 Å². The summed E-state index contributed by atoms with van der Waals surface area (Å²) in [6, 6.07) is 15.9. The molecule has 1 fully saturated rings. The van der Waals surface area contributed by atoms with Gasteiger partial charge < -0.3 is 25.7 Å². The Morgan fingerprint density at radius 1 is 0.833 bits per heavy atom. The largest absolute Gasteiger partial charge is 0.508 e. The van der Waals surface area contributed by atoms with Gasteiger partial charge in [-0.2, -0.15) is 0 Å². The van der Waals surface area contributed by atoms with Crippen molar-refractivity contribution in [2.24, 2.45) is 0 Å². The summed E-state index contributed by atoms with van der Waals surface area (Å²) in [5.74, 6) is 0.458. The molecule has 4 N–H and O–H groups in total. The van der Waals surface area contributed by atoms with Crippen LogP contribution in [0.2, 0.25) is 0 Å². The van der Waals surface area contributed by atoms with Crippen LogP contribution in [-0.2, 0) is 19.3 Å². The smallest absolute Gasteiger partial charge is 0.123 e. The fourth-order valence-corrected chi connectivity index (χ4v) is 5.85. The summed E-state index contributed by atoms with van der Waals surface area (Å²) in [6.07, 6.45) is 8.83. The number of phenolic OH excluding ortho intramolecular Hbond substituents is 2. The second kappa shape index (κ2) is 10.8. The molecule has 3 aromatic carbocycles. The third kappa shape index (κ3) is 5.17. The first-order valence-electron chi connectivity index (χ1n) is 13.5. The minimum atomic E-state index is 0.197. The lowest BCUT2D eigenvalue weighted by Gasteiger charge is -2.29. The average Bonchev–Trinajstić information content (AvgIpc) is 2.91. The Bertz CT molecular complexity index is 1200. The monoisotopic (exact) mass is 485 g/mol. The van der Waals surface area contributed by atoms with Crippen LogP contribution in [-0.4, -0.2) is 48.3 Å². The number of likely N-dealkylation sites (tertiary alicyclic amines) is 1. The number of nitrogens with two attached hydrogens (primary N) is 1. The SMILES string of the molecule is CN(CCN1CCCCC1)c1ccc(Cc2c(O)ccc(-c3c(O)ccc4c3CCCC4)c2N)cc1. The molecule has 3 aromatic rings. The van der Waals surface area contributed by atoms with E-state index in [0.29, 0.717) is 17.7 Å². The summed E-state index contributed by atoms with van der Waals surface area (Å²) in [6.45, 7) is 4.56. The lowest BCUT2D eigenvalue weighted by atomic mass is 9.84. The molecule has 0 atom stereocenters. The molecule has 1 aliphatic carbocycles. The van der Waals surface area contributed by atoms with Gasteiger partial charge in [-0.25, -0.2) is 0 Å². The predicted molar refractivity (Wildman–Crippen MR) is 149 cm³/mol. The van der Waals surface area contributed by atoms with Gasteiger partial charge in [-0.15, -0.1) is 0 Å². The second-order valence-corrected chi connectivity index (χ2v) is 10.5. The number of piperidine rings is 1. The summed E-state index contributed by atoms with van der Waals surface area (Å²) in [5.41, 5.74) is 14.4. The molecule has 0 radical (unpaired) electrons. The number of hydrogen-bond donors (Lipinski definition) is 3. The number of nitrogens with zero attached hydrogens (tertiary/aromatic N) is 2. The van der Waals surface area contributed by atoms with Crippen LogP contribution >= 0.6 is 0 Å². The first-order chi connectivity index (χ1) is 17.5. The fourth-order valence-electron chi connectivity index (χ4n) is 5.85. The first kappa shape index (κ1) is 24.5. The van der Waals surface area contributed by atoms with E-state index in [1.54, 1.807) is 12.1 Å². The highest BCUT2D eigenvalue weighted by Crippen LogP contribution is 2.43. The number of aryl methyl sites for hydroxylation is 1. The van der Waals surface area contributed by atoms with E-state index in [4.69, 9.17) is 5.73 Å². The maximum Gasteiger partial charge on any atom is 0.123 e. The van der Waals surface area contributed by atoms with Crippen LogP contribution in [0, 0.1) is 0 Å². The molecule has 0 bridgehead atoms. The maximum absolute atomic E-state index is 10.8. The number of phenols is 2. The van der Waals surface area contributed by atoms with Gasteiger partial charge in [-0.3, -0.25) is 0 Å². The van der Waals surface area contributed by atoms with Crippen LogP contribution < -0.4 is 10.6 Å². The van der Waals surface area contributed by atoms with Gasteiger partial charge in [0.2, 0.25) is 0 Å². The Balaban J connectivity index is 1.34. The summed E-state index contributed by atoms with van der Waals surface area (Å²) >= 11 is 0. The number of likely N-dealkylation sites (N-methyl/N-ethyl adjacent to an activating group) is 1. The summed E-state index contributed by atoms with van der Waals surface area (Å²) < 4.78 is 0. The number of fused-ring (bicyclic) bond motifs is 1. The Labute approximate surface area is 215 Å². The zero-order valence-electron chi connectivity index (χ0n) is 21.5. The highest BCUT2D eigenvalue weighted by Gasteiger charge is 2.21. The van der Waals surface area contributed by atoms with Gasteiger partial charge in [0.05, 0.1) is 0 Å². The third-order valence-corrected chi connectivity index (χ3v) is 8.07. The van der Waals surface area contributed by atoms with Crippen molar-refractivity contribution in [3.63, 3.8) is 0 Å². The molecule has 0 aromatic heterocycles. The van der Waals surface area contributed by atoms with Crippen LogP contribution in [0.3, 0.4) is 0 Å². The van der Waals surface area contributed by atoms with Crippen molar-refractivity contribution in [2.75, 3.05) is 43.9 Å². The van der Waals surface area contributed by atoms with E-state index < -0.39 is 0 Å². The molecule has 0 unspecified atom stereocenters. The zero-order valence-corrected chi connectivity index (χ0v) is 21.5. The number of nitrogen functional groups attached to an aromatic ring is 1. The average molecular weight is 486 g/mol. The van der Waals surface area contributed by atoms with Crippen molar-refractivity contribution in [2.45, 2.75) is 51.4 Å². The van der Waals surface area contributed by atoms with E-state index >= 15 is 0 Å². The van der Waals surface area contributed by atoms with E-state index in [9.17, 15) is 10.2 Å². The van der Waals surface area contributed by atoms with E-state index in [1.807, 2.05) is 12.1 Å². The lowest BCUT2D eigenvalue weighted by molar-refractivity contribution is 0.234. The predicted octanol–water partition coefficient (Wildman–Crippen LogP) is 5.74. The Kier molecular flexibility index (Phi) is 7.38. The topological polar surface area (TPSA) is 73.0 Å². The molecule has 1 saturated heterocycles. The van der Waals surface area contributed by atoms with Gasteiger partial charge in [0.1, 0.15) is 11.5 Å². The van der Waals surface area contributed by atoms with Gasteiger partial charge >= 0.3 is 0 Å². The number of rotatable bonds is 7. The second-order valence-electron chi connectivity index (χ2n) is 10.5. The van der Waals surface area contributed by atoms with Gasteiger partial charge in [0.25, 0.3) is 0 Å². The molecule has 1 aliphatic heterocycles. The van der Waals surface area contributed by atoms with Crippen molar-refractivity contribution < 1.29 is 10.2 Å². The van der Waals surface area contributed by atoms with Crippen LogP contribution in [0.4, 0.5) is 11.4 Å². The van der Waals surface area contributed by atoms with E-state index in [1.165, 1.54) is 55.6 Å². The van der Waals surface area contributed by atoms with Gasteiger partial charge in [0, 0.05) is 54.6 Å². The standard InChI is InChI=1S/C31H39N3O2/c1-33(19-20-34-17-5-2-6-18-34)24-12-9-22(10-13-24)21-27-28(35)16-14-26(31(27)32)30-25-8-4-3-7-23(25)11-15-29(30)36/h9-16,35-36H,2-8,17-21,32H2,1H3. The van der Waals surface area contributed by atoms with Gasteiger partial charge in [-0.05, 0) is 98.6 Å². The number of anilines is 2. The summed E-state index contributed by atoms with van der Waals surface area (Å²) in [7, 11) is 2.15. The highest BCUT2D eigenvalue weighted by molar-refractivity contribution is 5.86. The molecule has 5 heteroatoms. The molecule has 2 aliphatic rings. The molecule has 190 valence electrons. The van der Waals surface area contributed by atoms with Gasteiger partial charge in [-0.1, -0.05) is 24.6 Å². The third-order valence-electron chi connectivity index (χ3n) is 8.07. The van der Waals surface area contributed by atoms with Crippen molar-refractivity contribution in [1.29, 1.82) is 0 Å². The van der Waals surface area contributed by atoms with Gasteiger partial charge in [0.15, 0.2) is 0 Å². The van der Waals surface area contributed by atoms with Crippen LogP contribution in [0.5, 0.6) is 11.5 Å². The van der Waals surface area contributed by atoms with E-state index in [-0.39, 0.29) is 11.5 Å². The highest BCUT2D eigenvalue weighted by atomic mass is 16.3. The molecule has 0 amide bonds. The van der Waals surface area contributed by atoms with Crippen molar-refractivity contribution in [1.82, 2.24) is 4.90 Å². The maximum atomic E-state index is 10.8. The summed E-state index contributed by atoms with van der Waals surface area (Å²) in [5, 5.41) is 21.5. The van der Waals surface area contributed by atoms with Crippen LogP contribution in [0.1, 0.15) is 54.4 Å². The molecule has 0 saturated carbocycles. The van der Waals surface area contributed by atoms with E-state index in [0.717, 1.165) is 49.0 Å². The number of hydrogen-bond acceptors (Lipinski definition) is 5. The Morgan fingerprint density at radius 2 is 1.56 bits per heavy atom. The normalized spacial score (nSPS) is 16.0. The van der Waals surface area contributed by atoms with E-state index in [2.05, 4.69) is 41.1 Å². The number of benzene rings is 3. The molecular weight excluding hydrogens is 446 g/mol. The molecule has 5 rings (SSSR count). The minimum absolute atomic E-state index is 0.197. The quantitative estimate of drug-likeness (QED) is 0.372. The Morgan fingerprint density at radius 3 is 2.33 bits per heavy atom. The molecule has 5 nitrogen and oxygen atoms in total. The summed E-state index contributed by atoms with van der Waals surface area (Å²) in [4.78, 5) is 4.88. The first-order valence-corrected chi connectivity index (χ1v) is 13.5. The molecule has 0 spiro atoms. The number of aromatic hydroxyl groups is 2. The Hall–Kier alpha value is -3.18. The fraction of sp³-hybridized carbons (Fsp3) is 0.419. The molecular formula is C31H39N3O2. The van der Waals surface area contributed by atoms with Crippen LogP contribution in [0.15, 0.2) is 48.5 Å². The van der Waals surface area contributed by atoms with Crippen molar-refractivity contribution >= 4 is 11.4 Å². The molecule has 1 heterocycles. The lowest BCUT2D eigenvalue weighted by Crippen LogP contribution is -2.36. The molecule has 36 heavy (non-hydrogen) atoms. The van der Waals surface area contributed by atoms with Crippen molar-refractivity contribution in [3.8, 4) is 22.6 Å². The van der Waals surface area contributed by atoms with Crippen molar-refractivity contribution in [3.05, 3.63) is 70.8 Å². The zero-order chi connectivity index (χ0) is 25.1.